The first kappa shape index (κ1) is 19.0. The second-order valence-electron chi connectivity index (χ2n) is 8.49. The van der Waals surface area contributed by atoms with Gasteiger partial charge in [0.1, 0.15) is 0 Å². The number of rotatable bonds is 3. The van der Waals surface area contributed by atoms with Crippen molar-refractivity contribution >= 4 is 5.91 Å². The SMILES string of the molecule is O=C([C@H]1CCCCn2nnnc21)N1CCCC(c2ccccc2)(c2ccccc2)C1. The van der Waals surface area contributed by atoms with Crippen molar-refractivity contribution in [1.82, 2.24) is 25.1 Å². The Kier molecular flexibility index (Phi) is 5.07. The molecule has 0 radical (unpaired) electrons. The molecule has 6 nitrogen and oxygen atoms in total. The van der Waals surface area contributed by atoms with E-state index in [0.29, 0.717) is 6.54 Å². The summed E-state index contributed by atoms with van der Waals surface area (Å²) in [5.74, 6) is 0.654. The first-order valence-electron chi connectivity index (χ1n) is 10.9. The lowest BCUT2D eigenvalue weighted by Gasteiger charge is -2.44. The normalized spacial score (nSPS) is 20.9. The minimum Gasteiger partial charge on any atom is -0.341 e. The summed E-state index contributed by atoms with van der Waals surface area (Å²) < 4.78 is 1.82. The van der Waals surface area contributed by atoms with Crippen LogP contribution >= 0.6 is 0 Å². The van der Waals surface area contributed by atoms with Crippen LogP contribution in [0.4, 0.5) is 0 Å². The van der Waals surface area contributed by atoms with Crippen molar-refractivity contribution in [2.45, 2.75) is 50.0 Å². The smallest absolute Gasteiger partial charge is 0.233 e. The minimum absolute atomic E-state index is 0.170. The van der Waals surface area contributed by atoms with Crippen LogP contribution < -0.4 is 0 Å². The summed E-state index contributed by atoms with van der Waals surface area (Å²) in [4.78, 5) is 15.8. The predicted molar refractivity (Wildman–Crippen MR) is 114 cm³/mol. The van der Waals surface area contributed by atoms with Gasteiger partial charge in [-0.1, -0.05) is 67.1 Å². The van der Waals surface area contributed by atoms with Crippen LogP contribution in [0.2, 0.25) is 0 Å². The summed E-state index contributed by atoms with van der Waals surface area (Å²) in [7, 11) is 0. The third-order valence-electron chi connectivity index (χ3n) is 6.74. The molecule has 0 spiro atoms. The number of likely N-dealkylation sites (tertiary alicyclic amines) is 1. The summed E-state index contributed by atoms with van der Waals surface area (Å²) >= 11 is 0. The molecule has 30 heavy (non-hydrogen) atoms. The molecule has 1 aromatic heterocycles. The zero-order valence-corrected chi connectivity index (χ0v) is 17.2. The second kappa shape index (κ2) is 8.01. The average Bonchev–Trinajstić information content (AvgIpc) is 3.19. The molecule has 2 aliphatic rings. The van der Waals surface area contributed by atoms with Crippen molar-refractivity contribution < 1.29 is 4.79 Å². The molecule has 0 N–H and O–H groups in total. The average molecular weight is 402 g/mol. The number of fused-ring (bicyclic) bond motifs is 1. The number of benzene rings is 2. The maximum absolute atomic E-state index is 13.7. The van der Waals surface area contributed by atoms with Gasteiger partial charge < -0.3 is 4.90 Å². The first-order valence-corrected chi connectivity index (χ1v) is 10.9. The van der Waals surface area contributed by atoms with Gasteiger partial charge in [0.25, 0.3) is 0 Å². The maximum Gasteiger partial charge on any atom is 0.233 e. The highest BCUT2D eigenvalue weighted by Crippen LogP contribution is 2.41. The zero-order chi connectivity index (χ0) is 20.4. The van der Waals surface area contributed by atoms with Crippen molar-refractivity contribution in [2.75, 3.05) is 13.1 Å². The third kappa shape index (κ3) is 3.30. The van der Waals surface area contributed by atoms with E-state index in [1.807, 2.05) is 4.68 Å². The van der Waals surface area contributed by atoms with E-state index in [0.717, 1.165) is 51.0 Å². The largest absolute Gasteiger partial charge is 0.341 e. The van der Waals surface area contributed by atoms with Crippen LogP contribution in [0.5, 0.6) is 0 Å². The van der Waals surface area contributed by atoms with Crippen LogP contribution in [-0.2, 0) is 16.8 Å². The Morgan fingerprint density at radius 3 is 2.30 bits per heavy atom. The third-order valence-corrected chi connectivity index (χ3v) is 6.74. The molecule has 2 aliphatic heterocycles. The highest BCUT2D eigenvalue weighted by molar-refractivity contribution is 5.83. The number of piperidine rings is 1. The van der Waals surface area contributed by atoms with Gasteiger partial charge in [0.05, 0.1) is 5.92 Å². The Balaban J connectivity index is 1.50. The summed E-state index contributed by atoms with van der Waals surface area (Å²) in [6, 6.07) is 21.3. The Labute approximate surface area is 176 Å². The molecule has 1 atom stereocenters. The van der Waals surface area contributed by atoms with Crippen molar-refractivity contribution in [3.05, 3.63) is 77.6 Å². The Hall–Kier alpha value is -3.02. The molecule has 3 heterocycles. The summed E-state index contributed by atoms with van der Waals surface area (Å²) in [5.41, 5.74) is 2.37. The Bertz CT molecular complexity index is 961. The van der Waals surface area contributed by atoms with Gasteiger partial charge in [0.2, 0.25) is 5.91 Å². The van der Waals surface area contributed by atoms with Crippen molar-refractivity contribution in [2.24, 2.45) is 0 Å². The number of carbonyl (C=O) groups excluding carboxylic acids is 1. The molecule has 0 aliphatic carbocycles. The van der Waals surface area contributed by atoms with Gasteiger partial charge in [-0.25, -0.2) is 4.68 Å². The fourth-order valence-corrected chi connectivity index (χ4v) is 5.21. The van der Waals surface area contributed by atoms with E-state index in [2.05, 4.69) is 81.1 Å². The molecule has 5 rings (SSSR count). The van der Waals surface area contributed by atoms with Gasteiger partial charge >= 0.3 is 0 Å². The standard InChI is InChI=1S/C24H27N5O/c30-23(21-14-7-8-17-29-22(21)25-26-27-29)28-16-9-15-24(18-28,19-10-3-1-4-11-19)20-12-5-2-6-13-20/h1-6,10-13,21H,7-9,14-18H2/t21-/m0/s1. The quantitative estimate of drug-likeness (QED) is 0.673. The van der Waals surface area contributed by atoms with Crippen LogP contribution in [0.3, 0.4) is 0 Å². The fraction of sp³-hybridized carbons (Fsp3) is 0.417. The Morgan fingerprint density at radius 2 is 1.60 bits per heavy atom. The zero-order valence-electron chi connectivity index (χ0n) is 17.2. The number of aryl methyl sites for hydroxylation is 1. The minimum atomic E-state index is -0.246. The number of nitrogens with zero attached hydrogens (tertiary/aromatic N) is 5. The van der Waals surface area contributed by atoms with Crippen LogP contribution in [0.1, 0.15) is 55.0 Å². The van der Waals surface area contributed by atoms with Gasteiger partial charge in [0.15, 0.2) is 5.82 Å². The van der Waals surface area contributed by atoms with E-state index in [9.17, 15) is 4.79 Å². The highest BCUT2D eigenvalue weighted by atomic mass is 16.2. The molecule has 154 valence electrons. The Morgan fingerprint density at radius 1 is 0.900 bits per heavy atom. The molecule has 1 fully saturated rings. The lowest BCUT2D eigenvalue weighted by atomic mass is 9.69. The van der Waals surface area contributed by atoms with Crippen LogP contribution in [0.25, 0.3) is 0 Å². The first-order chi connectivity index (χ1) is 14.8. The van der Waals surface area contributed by atoms with E-state index in [1.165, 1.54) is 11.1 Å². The van der Waals surface area contributed by atoms with Crippen LogP contribution in [0, 0.1) is 0 Å². The summed E-state index contributed by atoms with van der Waals surface area (Å²) in [5, 5.41) is 12.2. The van der Waals surface area contributed by atoms with E-state index in [1.54, 1.807) is 0 Å². The lowest BCUT2D eigenvalue weighted by Crippen LogP contribution is -2.50. The number of aromatic nitrogens is 4. The number of hydrogen-bond donors (Lipinski definition) is 0. The molecule has 0 unspecified atom stereocenters. The van der Waals surface area contributed by atoms with Crippen molar-refractivity contribution in [1.29, 1.82) is 0 Å². The molecular formula is C24H27N5O. The van der Waals surface area contributed by atoms with E-state index < -0.39 is 0 Å². The fourth-order valence-electron chi connectivity index (χ4n) is 5.21. The molecule has 0 bridgehead atoms. The monoisotopic (exact) mass is 401 g/mol. The summed E-state index contributed by atoms with van der Waals surface area (Å²) in [6.07, 6.45) is 4.86. The molecule has 3 aromatic rings. The van der Waals surface area contributed by atoms with E-state index in [4.69, 9.17) is 0 Å². The van der Waals surface area contributed by atoms with Gasteiger partial charge in [-0.2, -0.15) is 0 Å². The van der Waals surface area contributed by atoms with E-state index in [-0.39, 0.29) is 17.2 Å². The molecule has 1 saturated heterocycles. The molecular weight excluding hydrogens is 374 g/mol. The second-order valence-corrected chi connectivity index (χ2v) is 8.49. The number of amides is 1. The molecule has 0 saturated carbocycles. The number of tetrazole rings is 1. The van der Waals surface area contributed by atoms with Crippen molar-refractivity contribution in [3.8, 4) is 0 Å². The van der Waals surface area contributed by atoms with Crippen LogP contribution in [0.15, 0.2) is 60.7 Å². The predicted octanol–water partition coefficient (Wildman–Crippen LogP) is 3.55. The topological polar surface area (TPSA) is 63.9 Å². The highest BCUT2D eigenvalue weighted by Gasteiger charge is 2.42. The lowest BCUT2D eigenvalue weighted by molar-refractivity contribution is -0.135. The van der Waals surface area contributed by atoms with E-state index >= 15 is 0 Å². The summed E-state index contributed by atoms with van der Waals surface area (Å²) in [6.45, 7) is 2.28. The van der Waals surface area contributed by atoms with Gasteiger partial charge in [-0.05, 0) is 47.2 Å². The van der Waals surface area contributed by atoms with Gasteiger partial charge in [-0.15, -0.1) is 5.10 Å². The maximum atomic E-state index is 13.7. The molecule has 2 aromatic carbocycles. The van der Waals surface area contributed by atoms with Crippen molar-refractivity contribution in [3.63, 3.8) is 0 Å². The molecule has 6 heteroatoms. The number of hydrogen-bond acceptors (Lipinski definition) is 4. The molecule has 1 amide bonds. The van der Waals surface area contributed by atoms with Gasteiger partial charge in [-0.3, -0.25) is 4.79 Å². The van der Waals surface area contributed by atoms with Crippen LogP contribution in [-0.4, -0.2) is 44.1 Å². The number of carbonyl (C=O) groups is 1. The van der Waals surface area contributed by atoms with Gasteiger partial charge in [0, 0.05) is 25.0 Å².